The fraction of sp³-hybridized carbons (Fsp3) is 0.267. The average Bonchev–Trinajstić information content (AvgIpc) is 2.71. The first-order valence-corrected chi connectivity index (χ1v) is 6.97. The lowest BCUT2D eigenvalue weighted by atomic mass is 10.1. The fourth-order valence-corrected chi connectivity index (χ4v) is 2.84. The number of benzene rings is 1. The van der Waals surface area contributed by atoms with E-state index in [0.717, 1.165) is 20.9 Å². The summed E-state index contributed by atoms with van der Waals surface area (Å²) in [6.45, 7) is 4.50. The summed E-state index contributed by atoms with van der Waals surface area (Å²) in [5.41, 5.74) is 1.77. The Morgan fingerprint density at radius 1 is 1.26 bits per heavy atom. The normalized spacial score (nSPS) is 10.5. The number of nitrogens with one attached hydrogen (secondary N) is 1. The molecule has 4 heteroatoms. The molecule has 1 aromatic heterocycles. The van der Waals surface area contributed by atoms with E-state index in [2.05, 4.69) is 5.32 Å². The molecule has 0 radical (unpaired) electrons. The van der Waals surface area contributed by atoms with Crippen LogP contribution >= 0.6 is 11.3 Å². The number of amides is 1. The number of thiophene rings is 1. The SMILES string of the molecule is Cc1cc(C(=O)NCCc2ccc(F)cc2)c(C)s1. The minimum Gasteiger partial charge on any atom is -0.352 e. The van der Waals surface area contributed by atoms with E-state index in [1.165, 1.54) is 12.1 Å². The molecule has 0 saturated carbocycles. The number of aryl methyl sites for hydroxylation is 2. The molecular weight excluding hydrogens is 261 g/mol. The molecule has 0 aliphatic carbocycles. The van der Waals surface area contributed by atoms with Gasteiger partial charge in [0, 0.05) is 16.3 Å². The molecule has 1 aromatic carbocycles. The van der Waals surface area contributed by atoms with Crippen LogP contribution in [-0.4, -0.2) is 12.5 Å². The van der Waals surface area contributed by atoms with E-state index in [0.29, 0.717) is 13.0 Å². The van der Waals surface area contributed by atoms with Gasteiger partial charge in [0.15, 0.2) is 0 Å². The number of carbonyl (C=O) groups excluding carboxylic acids is 1. The van der Waals surface area contributed by atoms with Crippen LogP contribution in [0.1, 0.15) is 25.7 Å². The van der Waals surface area contributed by atoms with Crippen molar-refractivity contribution >= 4 is 17.2 Å². The van der Waals surface area contributed by atoms with Crippen LogP contribution in [0.2, 0.25) is 0 Å². The van der Waals surface area contributed by atoms with Crippen LogP contribution in [0.3, 0.4) is 0 Å². The maximum absolute atomic E-state index is 12.7. The number of rotatable bonds is 4. The van der Waals surface area contributed by atoms with Crippen LogP contribution in [0.25, 0.3) is 0 Å². The molecule has 0 bridgehead atoms. The third kappa shape index (κ3) is 3.64. The standard InChI is InChI=1S/C15H16FNOS/c1-10-9-14(11(2)19-10)15(18)17-8-7-12-3-5-13(16)6-4-12/h3-6,9H,7-8H2,1-2H3,(H,17,18). The highest BCUT2D eigenvalue weighted by Gasteiger charge is 2.10. The maximum Gasteiger partial charge on any atom is 0.252 e. The summed E-state index contributed by atoms with van der Waals surface area (Å²) < 4.78 is 12.7. The highest BCUT2D eigenvalue weighted by molar-refractivity contribution is 7.12. The summed E-state index contributed by atoms with van der Waals surface area (Å²) in [5.74, 6) is -0.277. The summed E-state index contributed by atoms with van der Waals surface area (Å²) >= 11 is 1.63. The van der Waals surface area contributed by atoms with Gasteiger partial charge in [-0.1, -0.05) is 12.1 Å². The van der Waals surface area contributed by atoms with Gasteiger partial charge in [0.25, 0.3) is 5.91 Å². The molecule has 1 amide bonds. The van der Waals surface area contributed by atoms with E-state index in [1.54, 1.807) is 23.5 Å². The third-order valence-corrected chi connectivity index (χ3v) is 3.86. The zero-order chi connectivity index (χ0) is 13.8. The van der Waals surface area contributed by atoms with Crippen molar-refractivity contribution in [1.29, 1.82) is 0 Å². The van der Waals surface area contributed by atoms with Crippen molar-refractivity contribution in [2.75, 3.05) is 6.54 Å². The first-order chi connectivity index (χ1) is 9.06. The molecule has 2 nitrogen and oxygen atoms in total. The summed E-state index contributed by atoms with van der Waals surface area (Å²) in [6, 6.07) is 8.25. The zero-order valence-corrected chi connectivity index (χ0v) is 11.8. The molecule has 100 valence electrons. The summed E-state index contributed by atoms with van der Waals surface area (Å²) in [5, 5.41) is 2.89. The molecule has 1 heterocycles. The lowest BCUT2D eigenvalue weighted by Gasteiger charge is -2.05. The summed E-state index contributed by atoms with van der Waals surface area (Å²) in [4.78, 5) is 14.1. The van der Waals surface area contributed by atoms with Crippen LogP contribution in [-0.2, 0) is 6.42 Å². The van der Waals surface area contributed by atoms with Gasteiger partial charge in [-0.25, -0.2) is 4.39 Å². The largest absolute Gasteiger partial charge is 0.352 e. The van der Waals surface area contributed by atoms with Crippen molar-refractivity contribution in [3.8, 4) is 0 Å². The topological polar surface area (TPSA) is 29.1 Å². The lowest BCUT2D eigenvalue weighted by molar-refractivity contribution is 0.0954. The molecular formula is C15H16FNOS. The summed E-state index contributed by atoms with van der Waals surface area (Å²) in [6.07, 6.45) is 0.703. The zero-order valence-electron chi connectivity index (χ0n) is 11.0. The predicted octanol–water partition coefficient (Wildman–Crippen LogP) is 3.48. The highest BCUT2D eigenvalue weighted by atomic mass is 32.1. The molecule has 0 aliphatic heterocycles. The Hall–Kier alpha value is -1.68. The van der Waals surface area contributed by atoms with Gasteiger partial charge in [0.05, 0.1) is 5.56 Å². The number of carbonyl (C=O) groups is 1. The Balaban J connectivity index is 1.87. The Morgan fingerprint density at radius 3 is 2.53 bits per heavy atom. The van der Waals surface area contributed by atoms with Crippen molar-refractivity contribution in [3.63, 3.8) is 0 Å². The Bertz CT molecular complexity index is 574. The highest BCUT2D eigenvalue weighted by Crippen LogP contribution is 2.20. The van der Waals surface area contributed by atoms with Crippen LogP contribution < -0.4 is 5.32 Å². The van der Waals surface area contributed by atoms with Gasteiger partial charge in [-0.05, 0) is 44.0 Å². The second-order valence-corrected chi connectivity index (χ2v) is 5.92. The van der Waals surface area contributed by atoms with E-state index in [-0.39, 0.29) is 11.7 Å². The van der Waals surface area contributed by atoms with Crippen LogP contribution in [0, 0.1) is 19.7 Å². The van der Waals surface area contributed by atoms with E-state index >= 15 is 0 Å². The predicted molar refractivity (Wildman–Crippen MR) is 76.2 cm³/mol. The van der Waals surface area contributed by atoms with Crippen LogP contribution in [0.4, 0.5) is 4.39 Å². The second-order valence-electron chi connectivity index (χ2n) is 4.46. The molecule has 2 aromatic rings. The number of hydrogen-bond donors (Lipinski definition) is 1. The molecule has 0 saturated heterocycles. The third-order valence-electron chi connectivity index (χ3n) is 2.90. The van der Waals surface area contributed by atoms with Gasteiger partial charge in [0.1, 0.15) is 5.82 Å². The maximum atomic E-state index is 12.7. The molecule has 0 fully saturated rings. The molecule has 0 spiro atoms. The molecule has 0 unspecified atom stereocenters. The molecule has 2 rings (SSSR count). The van der Waals surface area contributed by atoms with Crippen molar-refractivity contribution in [2.45, 2.75) is 20.3 Å². The van der Waals surface area contributed by atoms with Crippen LogP contribution in [0.15, 0.2) is 30.3 Å². The second kappa shape index (κ2) is 5.97. The smallest absolute Gasteiger partial charge is 0.252 e. The minimum absolute atomic E-state index is 0.0380. The van der Waals surface area contributed by atoms with Gasteiger partial charge in [-0.15, -0.1) is 11.3 Å². The van der Waals surface area contributed by atoms with Crippen molar-refractivity contribution in [1.82, 2.24) is 5.32 Å². The number of halogens is 1. The number of hydrogen-bond acceptors (Lipinski definition) is 2. The van der Waals surface area contributed by atoms with E-state index in [4.69, 9.17) is 0 Å². The molecule has 0 atom stereocenters. The fourth-order valence-electron chi connectivity index (χ4n) is 1.92. The minimum atomic E-state index is -0.239. The first-order valence-electron chi connectivity index (χ1n) is 6.16. The van der Waals surface area contributed by atoms with Gasteiger partial charge in [-0.2, -0.15) is 0 Å². The van der Waals surface area contributed by atoms with Crippen molar-refractivity contribution in [3.05, 3.63) is 57.0 Å². The van der Waals surface area contributed by atoms with Gasteiger partial charge in [-0.3, -0.25) is 4.79 Å². The molecule has 1 N–H and O–H groups in total. The Morgan fingerprint density at radius 2 is 1.95 bits per heavy atom. The van der Waals surface area contributed by atoms with Crippen molar-refractivity contribution < 1.29 is 9.18 Å². The van der Waals surface area contributed by atoms with E-state index in [9.17, 15) is 9.18 Å². The molecule has 0 aliphatic rings. The monoisotopic (exact) mass is 277 g/mol. The Labute approximate surface area is 116 Å². The quantitative estimate of drug-likeness (QED) is 0.911. The van der Waals surface area contributed by atoms with E-state index < -0.39 is 0 Å². The average molecular weight is 277 g/mol. The van der Waals surface area contributed by atoms with Gasteiger partial charge >= 0.3 is 0 Å². The first kappa shape index (κ1) is 13.7. The van der Waals surface area contributed by atoms with Gasteiger partial charge in [0.2, 0.25) is 0 Å². The van der Waals surface area contributed by atoms with Crippen molar-refractivity contribution in [2.24, 2.45) is 0 Å². The lowest BCUT2D eigenvalue weighted by Crippen LogP contribution is -2.25. The Kier molecular flexibility index (Phi) is 4.32. The van der Waals surface area contributed by atoms with E-state index in [1.807, 2.05) is 19.9 Å². The summed E-state index contributed by atoms with van der Waals surface area (Å²) in [7, 11) is 0. The van der Waals surface area contributed by atoms with Gasteiger partial charge < -0.3 is 5.32 Å². The molecule has 19 heavy (non-hydrogen) atoms. The van der Waals surface area contributed by atoms with Crippen LogP contribution in [0.5, 0.6) is 0 Å².